The van der Waals surface area contributed by atoms with E-state index >= 15 is 8.78 Å². The van der Waals surface area contributed by atoms with E-state index in [1.165, 1.54) is 13.2 Å². The third kappa shape index (κ3) is 8.27. The second-order valence-electron chi connectivity index (χ2n) is 17.1. The normalized spacial score (nSPS) is 17.2. The molecule has 57 heavy (non-hydrogen) atoms. The van der Waals surface area contributed by atoms with Gasteiger partial charge in [0.1, 0.15) is 43.2 Å². The van der Waals surface area contributed by atoms with Gasteiger partial charge >= 0.3 is 12.1 Å². The molecule has 2 saturated heterocycles. The quantitative estimate of drug-likeness (QED) is 0.0903. The summed E-state index contributed by atoms with van der Waals surface area (Å²) in [6.45, 7) is 19.2. The molecule has 2 fully saturated rings. The van der Waals surface area contributed by atoms with Crippen molar-refractivity contribution in [1.29, 1.82) is 0 Å². The highest BCUT2D eigenvalue weighted by Crippen LogP contribution is 2.44. The number of carbonyl (C=O) groups excluding carboxylic acids is 1. The molecular formula is C44H56F2N4O6Si. The molecule has 0 aliphatic carbocycles. The summed E-state index contributed by atoms with van der Waals surface area (Å²) in [6.07, 6.45) is 1.24. The number of carbonyl (C=O) groups is 1. The summed E-state index contributed by atoms with van der Waals surface area (Å²) >= 11 is 0. The molecule has 1 N–H and O–H groups in total. The van der Waals surface area contributed by atoms with E-state index in [0.717, 1.165) is 12.8 Å². The predicted molar refractivity (Wildman–Crippen MR) is 223 cm³/mol. The van der Waals surface area contributed by atoms with Gasteiger partial charge < -0.3 is 29.0 Å². The van der Waals surface area contributed by atoms with Crippen molar-refractivity contribution in [1.82, 2.24) is 14.9 Å². The number of aromatic nitrogens is 2. The SMILES string of the molecule is COCOc1cc(-c2ccc3c(N4CC5CCC(C4)N5C(=O)OC(C)(C)C)nc(OCCO)nc3c2F)c2c(C#C[Si](C(C)C)(C(C)C)C(C)C)c(F)ccc2c1. The van der Waals surface area contributed by atoms with Crippen molar-refractivity contribution in [2.75, 3.05) is 45.1 Å². The van der Waals surface area contributed by atoms with Crippen LogP contribution in [0.15, 0.2) is 36.4 Å². The van der Waals surface area contributed by atoms with E-state index in [-0.39, 0.29) is 60.8 Å². The number of fused-ring (bicyclic) bond motifs is 4. The first-order valence-corrected chi connectivity index (χ1v) is 22.2. The summed E-state index contributed by atoms with van der Waals surface area (Å²) in [5.74, 6) is 3.04. The number of amides is 1. The molecule has 6 rings (SSSR count). The Morgan fingerprint density at radius 3 is 2.21 bits per heavy atom. The largest absolute Gasteiger partial charge is 0.468 e. The van der Waals surface area contributed by atoms with E-state index < -0.39 is 25.3 Å². The summed E-state index contributed by atoms with van der Waals surface area (Å²) < 4.78 is 56.2. The van der Waals surface area contributed by atoms with Crippen molar-refractivity contribution in [3.05, 3.63) is 53.6 Å². The Morgan fingerprint density at radius 2 is 1.61 bits per heavy atom. The maximum atomic E-state index is 17.5. The van der Waals surface area contributed by atoms with E-state index in [2.05, 4.69) is 58.0 Å². The standard InChI is InChI=1S/C44H56F2N4O6Si/c1-26(2)57(27(3)4,28(5)6)20-17-34-37(45)16-11-29-21-32(55-25-53-10)22-36(38(29)34)33-14-15-35-40(39(33)46)47-42(54-19-18-51)48-41(35)49-23-30-12-13-31(24-49)50(30)43(52)56-44(7,8)9/h11,14-16,21-22,26-28,30-31,51H,12-13,18-19,23-25H2,1-10H3. The van der Waals surface area contributed by atoms with Gasteiger partial charge in [0.2, 0.25) is 0 Å². The summed E-state index contributed by atoms with van der Waals surface area (Å²) in [7, 11) is -0.773. The number of hydrogen-bond acceptors (Lipinski definition) is 9. The Kier molecular flexibility index (Phi) is 12.4. The van der Waals surface area contributed by atoms with Gasteiger partial charge in [-0.1, -0.05) is 59.6 Å². The van der Waals surface area contributed by atoms with Crippen LogP contribution in [-0.2, 0) is 9.47 Å². The van der Waals surface area contributed by atoms with Gasteiger partial charge in [0.05, 0.1) is 24.3 Å². The molecule has 1 amide bonds. The van der Waals surface area contributed by atoms with E-state index in [9.17, 15) is 9.90 Å². The first-order valence-electron chi connectivity index (χ1n) is 19.9. The molecular weight excluding hydrogens is 747 g/mol. The van der Waals surface area contributed by atoms with Gasteiger partial charge in [-0.25, -0.2) is 13.6 Å². The molecule has 0 saturated carbocycles. The number of piperazine rings is 1. The minimum atomic E-state index is -2.29. The number of hydrogen-bond donors (Lipinski definition) is 1. The lowest BCUT2D eigenvalue weighted by atomic mass is 9.93. The lowest BCUT2D eigenvalue weighted by Crippen LogP contribution is -2.57. The fourth-order valence-electron chi connectivity index (χ4n) is 9.03. The van der Waals surface area contributed by atoms with Crippen LogP contribution in [0.1, 0.15) is 80.7 Å². The van der Waals surface area contributed by atoms with Crippen LogP contribution in [0.5, 0.6) is 11.8 Å². The van der Waals surface area contributed by atoms with E-state index in [1.54, 1.807) is 30.3 Å². The molecule has 2 aliphatic rings. The first-order chi connectivity index (χ1) is 27.0. The molecule has 1 aromatic heterocycles. The van der Waals surface area contributed by atoms with Crippen LogP contribution in [0.25, 0.3) is 32.8 Å². The highest BCUT2D eigenvalue weighted by Gasteiger charge is 2.45. The molecule has 13 heteroatoms. The predicted octanol–water partition coefficient (Wildman–Crippen LogP) is 9.24. The Balaban J connectivity index is 1.54. The number of nitrogens with zero attached hydrogens (tertiary/aromatic N) is 4. The highest BCUT2D eigenvalue weighted by molar-refractivity contribution is 6.90. The fraction of sp³-hybridized carbons (Fsp3) is 0.523. The van der Waals surface area contributed by atoms with Gasteiger partial charge in [-0.15, -0.1) is 5.54 Å². The van der Waals surface area contributed by atoms with E-state index in [4.69, 9.17) is 23.9 Å². The number of methoxy groups -OCH3 is 1. The van der Waals surface area contributed by atoms with Crippen molar-refractivity contribution in [2.45, 2.75) is 109 Å². The molecule has 2 aliphatic heterocycles. The maximum Gasteiger partial charge on any atom is 0.410 e. The Hall–Kier alpha value is -4.51. The average Bonchev–Trinajstić information content (AvgIpc) is 3.42. The number of benzene rings is 3. The molecule has 2 bridgehead atoms. The number of halogens is 2. The topological polar surface area (TPSA) is 106 Å². The zero-order valence-electron chi connectivity index (χ0n) is 34.8. The van der Waals surface area contributed by atoms with Crippen LogP contribution in [0.3, 0.4) is 0 Å². The number of rotatable bonds is 11. The van der Waals surface area contributed by atoms with Crippen molar-refractivity contribution < 1.29 is 37.6 Å². The summed E-state index contributed by atoms with van der Waals surface area (Å²) in [5.41, 5.74) is 4.74. The van der Waals surface area contributed by atoms with Crippen molar-refractivity contribution in [3.63, 3.8) is 0 Å². The van der Waals surface area contributed by atoms with Gasteiger partial charge in [-0.05, 0) is 85.5 Å². The molecule has 306 valence electrons. The van der Waals surface area contributed by atoms with Crippen LogP contribution < -0.4 is 14.4 Å². The van der Waals surface area contributed by atoms with Gasteiger partial charge in [-0.3, -0.25) is 4.90 Å². The highest BCUT2D eigenvalue weighted by atomic mass is 28.3. The van der Waals surface area contributed by atoms with Crippen LogP contribution in [0.4, 0.5) is 19.4 Å². The molecule has 10 nitrogen and oxygen atoms in total. The lowest BCUT2D eigenvalue weighted by Gasteiger charge is -2.42. The van der Waals surface area contributed by atoms with Crippen molar-refractivity contribution in [2.24, 2.45) is 0 Å². The van der Waals surface area contributed by atoms with Gasteiger partial charge in [0.25, 0.3) is 0 Å². The third-order valence-corrected chi connectivity index (χ3v) is 17.7. The number of ether oxygens (including phenoxy) is 4. The molecule has 3 heterocycles. The van der Waals surface area contributed by atoms with E-state index in [0.29, 0.717) is 63.0 Å². The summed E-state index contributed by atoms with van der Waals surface area (Å²) in [6, 6.07) is 9.60. The van der Waals surface area contributed by atoms with Crippen LogP contribution in [0.2, 0.25) is 16.6 Å². The molecule has 2 unspecified atom stereocenters. The lowest BCUT2D eigenvalue weighted by molar-refractivity contribution is 0.0122. The Bertz CT molecular complexity index is 2160. The molecule has 2 atom stereocenters. The fourth-order valence-corrected chi connectivity index (χ4v) is 14.2. The monoisotopic (exact) mass is 802 g/mol. The second-order valence-corrected chi connectivity index (χ2v) is 22.7. The van der Waals surface area contributed by atoms with Crippen LogP contribution in [0, 0.1) is 23.1 Å². The third-order valence-electron chi connectivity index (χ3n) is 11.4. The first kappa shape index (κ1) is 42.1. The van der Waals surface area contributed by atoms with Crippen molar-refractivity contribution >= 4 is 41.7 Å². The number of anilines is 1. The summed E-state index contributed by atoms with van der Waals surface area (Å²) in [5, 5.41) is 11.1. The van der Waals surface area contributed by atoms with Gasteiger partial charge in [-0.2, -0.15) is 9.97 Å². The van der Waals surface area contributed by atoms with Gasteiger partial charge in [0, 0.05) is 36.5 Å². The summed E-state index contributed by atoms with van der Waals surface area (Å²) in [4.78, 5) is 26.4. The minimum Gasteiger partial charge on any atom is -0.468 e. The minimum absolute atomic E-state index is 0.00129. The molecule has 4 aromatic rings. The van der Waals surface area contributed by atoms with E-state index in [1.807, 2.05) is 30.6 Å². The maximum absolute atomic E-state index is 17.5. The number of aliphatic hydroxyl groups is 1. The second kappa shape index (κ2) is 16.8. The smallest absolute Gasteiger partial charge is 0.410 e. The molecule has 3 aromatic carbocycles. The zero-order valence-corrected chi connectivity index (χ0v) is 35.8. The molecule has 0 spiro atoms. The Labute approximate surface area is 335 Å². The van der Waals surface area contributed by atoms with Crippen LogP contribution in [-0.4, -0.2) is 92.0 Å². The van der Waals surface area contributed by atoms with Crippen molar-refractivity contribution in [3.8, 4) is 34.4 Å². The average molecular weight is 803 g/mol. The van der Waals surface area contributed by atoms with Crippen LogP contribution >= 0.6 is 0 Å². The zero-order chi connectivity index (χ0) is 41.4. The number of aliphatic hydroxyl groups excluding tert-OH is 1. The van der Waals surface area contributed by atoms with Gasteiger partial charge in [0.15, 0.2) is 12.6 Å². The molecule has 0 radical (unpaired) electrons. The Morgan fingerprint density at radius 1 is 0.947 bits per heavy atom.